The summed E-state index contributed by atoms with van der Waals surface area (Å²) in [6.07, 6.45) is 4.46. The maximum Gasteiger partial charge on any atom is 0.260 e. The summed E-state index contributed by atoms with van der Waals surface area (Å²) < 4.78 is 6.37. The van der Waals surface area contributed by atoms with Crippen molar-refractivity contribution in [2.45, 2.75) is 19.9 Å². The van der Waals surface area contributed by atoms with E-state index in [0.29, 0.717) is 23.0 Å². The topological polar surface area (TPSA) is 55.3 Å². The Morgan fingerprint density at radius 2 is 2.00 bits per heavy atom. The number of pyridine rings is 1. The van der Waals surface area contributed by atoms with Gasteiger partial charge in [0.2, 0.25) is 0 Å². The van der Waals surface area contributed by atoms with E-state index in [1.165, 1.54) is 16.9 Å². The van der Waals surface area contributed by atoms with Crippen LogP contribution >= 0.6 is 11.3 Å². The van der Waals surface area contributed by atoms with Crippen molar-refractivity contribution in [1.29, 1.82) is 0 Å². The van der Waals surface area contributed by atoms with E-state index >= 15 is 0 Å². The molecular weight excluding hydrogens is 382 g/mol. The summed E-state index contributed by atoms with van der Waals surface area (Å²) in [6, 6.07) is 17.3. The fourth-order valence-electron chi connectivity index (χ4n) is 3.10. The number of anilines is 1. The quantitative estimate of drug-likeness (QED) is 0.449. The summed E-state index contributed by atoms with van der Waals surface area (Å²) in [6.45, 7) is 2.52. The van der Waals surface area contributed by atoms with Crippen molar-refractivity contribution in [2.75, 3.05) is 12.0 Å². The number of aromatic nitrogens is 2. The third-order valence-electron chi connectivity index (χ3n) is 4.71. The molecule has 146 valence electrons. The van der Waals surface area contributed by atoms with Crippen LogP contribution in [0.3, 0.4) is 0 Å². The molecule has 0 aliphatic heterocycles. The van der Waals surface area contributed by atoms with Crippen LogP contribution in [0.5, 0.6) is 5.75 Å². The number of hydrogen-bond donors (Lipinski definition) is 0. The van der Waals surface area contributed by atoms with Gasteiger partial charge in [0.25, 0.3) is 5.91 Å². The largest absolute Gasteiger partial charge is 0.497 e. The van der Waals surface area contributed by atoms with Crippen LogP contribution in [-0.4, -0.2) is 23.0 Å². The molecule has 0 bridgehead atoms. The van der Waals surface area contributed by atoms with Crippen LogP contribution in [0.25, 0.3) is 10.2 Å². The monoisotopic (exact) mass is 403 g/mol. The minimum absolute atomic E-state index is 0.123. The molecule has 0 aliphatic rings. The summed E-state index contributed by atoms with van der Waals surface area (Å²) in [5.74, 6) is 0.525. The molecule has 5 nitrogen and oxygen atoms in total. The highest BCUT2D eigenvalue weighted by molar-refractivity contribution is 7.22. The molecular formula is C23H21N3O2S. The first-order valence-electron chi connectivity index (χ1n) is 9.42. The first kappa shape index (κ1) is 19.1. The first-order valence-corrected chi connectivity index (χ1v) is 10.2. The highest BCUT2D eigenvalue weighted by atomic mass is 32.1. The lowest BCUT2D eigenvalue weighted by Crippen LogP contribution is -2.30. The van der Waals surface area contributed by atoms with Gasteiger partial charge >= 0.3 is 0 Å². The van der Waals surface area contributed by atoms with E-state index in [4.69, 9.17) is 9.72 Å². The number of benzene rings is 2. The molecule has 0 aliphatic carbocycles. The molecule has 29 heavy (non-hydrogen) atoms. The van der Waals surface area contributed by atoms with Gasteiger partial charge in [-0.05, 0) is 53.9 Å². The molecule has 0 unspecified atom stereocenters. The third-order valence-corrected chi connectivity index (χ3v) is 5.75. The average Bonchev–Trinajstić information content (AvgIpc) is 3.20. The van der Waals surface area contributed by atoms with Crippen molar-refractivity contribution >= 4 is 32.6 Å². The molecule has 0 saturated heterocycles. The lowest BCUT2D eigenvalue weighted by molar-refractivity contribution is 0.0985. The van der Waals surface area contributed by atoms with Crippen molar-refractivity contribution < 1.29 is 9.53 Å². The Bertz CT molecular complexity index is 1140. The number of hydrogen-bond acceptors (Lipinski definition) is 5. The molecule has 0 spiro atoms. The van der Waals surface area contributed by atoms with Crippen LogP contribution in [-0.2, 0) is 13.0 Å². The molecule has 0 saturated carbocycles. The highest BCUT2D eigenvalue weighted by Gasteiger charge is 2.22. The number of nitrogens with zero attached hydrogens (tertiary/aromatic N) is 3. The molecule has 2 aromatic carbocycles. The molecule has 2 aromatic heterocycles. The predicted molar refractivity (Wildman–Crippen MR) is 117 cm³/mol. The van der Waals surface area contributed by atoms with E-state index in [1.807, 2.05) is 30.3 Å². The SMILES string of the molecule is CCc1ccc2nc(N(Cc3cccnc3)C(=O)c3cccc(OC)c3)sc2c1. The first-order chi connectivity index (χ1) is 14.2. The molecule has 0 fully saturated rings. The van der Waals surface area contributed by atoms with Crippen LogP contribution in [0.4, 0.5) is 5.13 Å². The van der Waals surface area contributed by atoms with E-state index in [0.717, 1.165) is 22.2 Å². The minimum Gasteiger partial charge on any atom is -0.497 e. The second-order valence-corrected chi connectivity index (χ2v) is 7.65. The molecule has 4 rings (SSSR count). The van der Waals surface area contributed by atoms with Gasteiger partial charge in [-0.25, -0.2) is 4.98 Å². The van der Waals surface area contributed by atoms with Gasteiger partial charge in [-0.15, -0.1) is 0 Å². The number of fused-ring (bicyclic) bond motifs is 1. The van der Waals surface area contributed by atoms with Gasteiger partial charge in [0.1, 0.15) is 5.75 Å². The molecule has 4 aromatic rings. The second kappa shape index (κ2) is 8.41. The van der Waals surface area contributed by atoms with Crippen molar-refractivity contribution in [3.05, 3.63) is 83.7 Å². The summed E-state index contributed by atoms with van der Waals surface area (Å²) in [7, 11) is 1.59. The van der Waals surface area contributed by atoms with Crippen LogP contribution in [0.2, 0.25) is 0 Å². The smallest absolute Gasteiger partial charge is 0.260 e. The van der Waals surface area contributed by atoms with Crippen molar-refractivity contribution in [2.24, 2.45) is 0 Å². The van der Waals surface area contributed by atoms with Crippen LogP contribution in [0, 0.1) is 0 Å². The Hall–Kier alpha value is -3.25. The maximum atomic E-state index is 13.4. The zero-order valence-electron chi connectivity index (χ0n) is 16.3. The van der Waals surface area contributed by atoms with Gasteiger partial charge in [0.05, 0.1) is 23.9 Å². The van der Waals surface area contributed by atoms with Crippen LogP contribution in [0.15, 0.2) is 67.0 Å². The fraction of sp³-hybridized carbons (Fsp3) is 0.174. The second-order valence-electron chi connectivity index (χ2n) is 6.64. The zero-order valence-corrected chi connectivity index (χ0v) is 17.1. The van der Waals surface area contributed by atoms with Gasteiger partial charge in [-0.1, -0.05) is 36.5 Å². The van der Waals surface area contributed by atoms with Gasteiger partial charge < -0.3 is 4.74 Å². The summed E-state index contributed by atoms with van der Waals surface area (Å²) in [4.78, 5) is 24.1. The van der Waals surface area contributed by atoms with E-state index in [1.54, 1.807) is 36.5 Å². The number of rotatable bonds is 6. The van der Waals surface area contributed by atoms with Crippen molar-refractivity contribution in [1.82, 2.24) is 9.97 Å². The van der Waals surface area contributed by atoms with Crippen molar-refractivity contribution in [3.63, 3.8) is 0 Å². The Morgan fingerprint density at radius 3 is 2.76 bits per heavy atom. The fourth-order valence-corrected chi connectivity index (χ4v) is 4.13. The average molecular weight is 404 g/mol. The number of amides is 1. The van der Waals surface area contributed by atoms with Gasteiger partial charge in [-0.2, -0.15) is 0 Å². The number of aryl methyl sites for hydroxylation is 1. The third kappa shape index (κ3) is 4.12. The Labute approximate surface area is 173 Å². The zero-order chi connectivity index (χ0) is 20.2. The summed E-state index contributed by atoms with van der Waals surface area (Å²) in [5.41, 5.74) is 3.65. The maximum absolute atomic E-state index is 13.4. The Morgan fingerprint density at radius 1 is 1.10 bits per heavy atom. The highest BCUT2D eigenvalue weighted by Crippen LogP contribution is 2.32. The number of ether oxygens (including phenoxy) is 1. The molecule has 2 heterocycles. The van der Waals surface area contributed by atoms with Gasteiger partial charge in [-0.3, -0.25) is 14.7 Å². The summed E-state index contributed by atoms with van der Waals surface area (Å²) in [5, 5.41) is 0.671. The molecule has 0 radical (unpaired) electrons. The molecule has 1 amide bonds. The minimum atomic E-state index is -0.123. The number of carbonyl (C=O) groups is 1. The lowest BCUT2D eigenvalue weighted by Gasteiger charge is -2.20. The number of methoxy groups -OCH3 is 1. The number of carbonyl (C=O) groups excluding carboxylic acids is 1. The standard InChI is InChI=1S/C23H21N3O2S/c1-3-16-9-10-20-21(12-16)29-23(25-20)26(15-17-6-5-11-24-14-17)22(27)18-7-4-8-19(13-18)28-2/h4-14H,3,15H2,1-2H3. The van der Waals surface area contributed by atoms with Gasteiger partial charge in [0, 0.05) is 18.0 Å². The normalized spacial score (nSPS) is 10.8. The van der Waals surface area contributed by atoms with Crippen LogP contribution in [0.1, 0.15) is 28.4 Å². The Kier molecular flexibility index (Phi) is 5.53. The molecule has 6 heteroatoms. The van der Waals surface area contributed by atoms with Crippen molar-refractivity contribution in [3.8, 4) is 5.75 Å². The van der Waals surface area contributed by atoms with Crippen LogP contribution < -0.4 is 9.64 Å². The molecule has 0 atom stereocenters. The van der Waals surface area contributed by atoms with E-state index in [-0.39, 0.29) is 5.91 Å². The molecule has 0 N–H and O–H groups in total. The lowest BCUT2D eigenvalue weighted by atomic mass is 10.1. The number of thiazole rings is 1. The Balaban J connectivity index is 1.76. The summed E-state index contributed by atoms with van der Waals surface area (Å²) >= 11 is 1.53. The van der Waals surface area contributed by atoms with Gasteiger partial charge in [0.15, 0.2) is 5.13 Å². The van der Waals surface area contributed by atoms with E-state index in [9.17, 15) is 4.79 Å². The van der Waals surface area contributed by atoms with E-state index in [2.05, 4.69) is 24.0 Å². The predicted octanol–water partition coefficient (Wildman–Crippen LogP) is 5.11. The van der Waals surface area contributed by atoms with E-state index < -0.39 is 0 Å².